The molecule has 70 valence electrons. The smallest absolute Gasteiger partial charge is 0.0851 e. The van der Waals surface area contributed by atoms with Crippen LogP contribution in [0.4, 0.5) is 0 Å². The highest BCUT2D eigenvalue weighted by molar-refractivity contribution is 8.77. The van der Waals surface area contributed by atoms with Crippen molar-refractivity contribution in [3.63, 3.8) is 0 Å². The summed E-state index contributed by atoms with van der Waals surface area (Å²) in [5.74, 6) is 1.66. The van der Waals surface area contributed by atoms with Crippen LogP contribution in [0.3, 0.4) is 0 Å². The predicted molar refractivity (Wildman–Crippen MR) is 58.7 cm³/mol. The van der Waals surface area contributed by atoms with Gasteiger partial charge >= 0.3 is 0 Å². The summed E-state index contributed by atoms with van der Waals surface area (Å²) in [6.45, 7) is 3.47. The van der Waals surface area contributed by atoms with Gasteiger partial charge in [0, 0.05) is 17.4 Å². The molecule has 0 amide bonds. The molecule has 12 heavy (non-hydrogen) atoms. The Morgan fingerprint density at radius 1 is 1.50 bits per heavy atom. The maximum absolute atomic E-state index is 8.84. The number of allylic oxidation sites excluding steroid dienone is 1. The first-order chi connectivity index (χ1) is 5.79. The topological polar surface area (TPSA) is 20.2 Å². The van der Waals surface area contributed by atoms with E-state index in [9.17, 15) is 0 Å². The molecule has 1 fully saturated rings. The normalized spacial score (nSPS) is 22.8. The van der Waals surface area contributed by atoms with E-state index in [1.54, 1.807) is 0 Å². The van der Waals surface area contributed by atoms with Crippen LogP contribution in [0.15, 0.2) is 12.3 Å². The third-order valence-electron chi connectivity index (χ3n) is 1.97. The summed E-state index contributed by atoms with van der Waals surface area (Å²) in [6.07, 6.45) is 5.79. The van der Waals surface area contributed by atoms with E-state index in [0.29, 0.717) is 5.76 Å². The van der Waals surface area contributed by atoms with Crippen LogP contribution in [0.1, 0.15) is 32.1 Å². The van der Waals surface area contributed by atoms with Crippen molar-refractivity contribution in [1.29, 1.82) is 0 Å². The summed E-state index contributed by atoms with van der Waals surface area (Å²) in [5.41, 5.74) is 0. The van der Waals surface area contributed by atoms with Gasteiger partial charge in [0.1, 0.15) is 0 Å². The van der Waals surface area contributed by atoms with Gasteiger partial charge in [-0.25, -0.2) is 0 Å². The molecule has 0 saturated carbocycles. The molecule has 0 aromatic heterocycles. The van der Waals surface area contributed by atoms with Crippen LogP contribution in [0.2, 0.25) is 0 Å². The van der Waals surface area contributed by atoms with Crippen molar-refractivity contribution in [2.75, 3.05) is 5.75 Å². The number of hydrogen-bond donors (Lipinski definition) is 1. The molecule has 1 nitrogen and oxygen atoms in total. The van der Waals surface area contributed by atoms with Crippen LogP contribution in [0.5, 0.6) is 0 Å². The van der Waals surface area contributed by atoms with Gasteiger partial charge in [0.15, 0.2) is 0 Å². The lowest BCUT2D eigenvalue weighted by Gasteiger charge is -2.05. The molecule has 1 aliphatic rings. The third-order valence-corrected chi connectivity index (χ3v) is 4.98. The number of aliphatic hydroxyl groups excluding tert-OH is 1. The van der Waals surface area contributed by atoms with E-state index in [-0.39, 0.29) is 0 Å². The lowest BCUT2D eigenvalue weighted by atomic mass is 10.1. The van der Waals surface area contributed by atoms with Crippen LogP contribution in [-0.4, -0.2) is 16.1 Å². The zero-order valence-corrected chi connectivity index (χ0v) is 8.92. The Morgan fingerprint density at radius 2 is 2.33 bits per heavy atom. The van der Waals surface area contributed by atoms with Crippen LogP contribution in [0.25, 0.3) is 0 Å². The minimum Gasteiger partial charge on any atom is -0.513 e. The highest BCUT2D eigenvalue weighted by Gasteiger charge is 2.15. The molecule has 1 N–H and O–H groups in total. The molecule has 3 heteroatoms. The van der Waals surface area contributed by atoms with Gasteiger partial charge in [-0.1, -0.05) is 34.6 Å². The van der Waals surface area contributed by atoms with Gasteiger partial charge in [-0.05, 0) is 19.3 Å². The van der Waals surface area contributed by atoms with Gasteiger partial charge in [0.05, 0.1) is 5.76 Å². The molecule has 1 heterocycles. The fourth-order valence-corrected chi connectivity index (χ4v) is 4.29. The van der Waals surface area contributed by atoms with Crippen molar-refractivity contribution in [1.82, 2.24) is 0 Å². The summed E-state index contributed by atoms with van der Waals surface area (Å²) >= 11 is 0. The van der Waals surface area contributed by atoms with Crippen molar-refractivity contribution < 1.29 is 5.11 Å². The molecule has 1 saturated heterocycles. The summed E-state index contributed by atoms with van der Waals surface area (Å²) in [6, 6.07) is 0. The Hall–Kier alpha value is 0.240. The number of hydrogen-bond acceptors (Lipinski definition) is 3. The average Bonchev–Trinajstić information content (AvgIpc) is 2.49. The lowest BCUT2D eigenvalue weighted by Crippen LogP contribution is -1.96. The Labute approximate surface area is 82.4 Å². The molecule has 0 aliphatic carbocycles. The average molecular weight is 204 g/mol. The van der Waals surface area contributed by atoms with Gasteiger partial charge in [-0.3, -0.25) is 0 Å². The van der Waals surface area contributed by atoms with Gasteiger partial charge < -0.3 is 5.11 Å². The molecular weight excluding hydrogens is 188 g/mol. The zero-order valence-electron chi connectivity index (χ0n) is 7.29. The second-order valence-corrected chi connectivity index (χ2v) is 5.93. The fourth-order valence-electron chi connectivity index (χ4n) is 1.27. The molecule has 1 atom stereocenters. The van der Waals surface area contributed by atoms with Crippen molar-refractivity contribution in [3.8, 4) is 0 Å². The van der Waals surface area contributed by atoms with Crippen LogP contribution in [-0.2, 0) is 0 Å². The summed E-state index contributed by atoms with van der Waals surface area (Å²) in [5, 5.41) is 9.72. The summed E-state index contributed by atoms with van der Waals surface area (Å²) in [7, 11) is 4.03. The van der Waals surface area contributed by atoms with E-state index in [1.807, 2.05) is 21.6 Å². The first kappa shape index (κ1) is 10.3. The molecule has 0 aromatic rings. The van der Waals surface area contributed by atoms with Crippen molar-refractivity contribution in [3.05, 3.63) is 12.3 Å². The van der Waals surface area contributed by atoms with Gasteiger partial charge in [0.2, 0.25) is 0 Å². The molecule has 1 rings (SSSR count). The van der Waals surface area contributed by atoms with Crippen LogP contribution < -0.4 is 0 Å². The van der Waals surface area contributed by atoms with E-state index in [4.69, 9.17) is 5.11 Å². The molecular formula is C9H16OS2. The highest BCUT2D eigenvalue weighted by Crippen LogP contribution is 2.39. The summed E-state index contributed by atoms with van der Waals surface area (Å²) in [4.78, 5) is 0. The molecule has 0 spiro atoms. The fraction of sp³-hybridized carbons (Fsp3) is 0.778. The zero-order chi connectivity index (χ0) is 8.81. The molecule has 0 bridgehead atoms. The van der Waals surface area contributed by atoms with Crippen molar-refractivity contribution >= 4 is 21.6 Å². The Kier molecular flexibility index (Phi) is 5.00. The van der Waals surface area contributed by atoms with Crippen molar-refractivity contribution in [2.24, 2.45) is 0 Å². The monoisotopic (exact) mass is 204 g/mol. The Bertz CT molecular complexity index is 141. The second-order valence-electron chi connectivity index (χ2n) is 3.14. The number of rotatable bonds is 5. The number of unbranched alkanes of at least 4 members (excludes halogenated alkanes) is 1. The van der Waals surface area contributed by atoms with Crippen LogP contribution >= 0.6 is 21.6 Å². The van der Waals surface area contributed by atoms with Gasteiger partial charge in [-0.15, -0.1) is 0 Å². The van der Waals surface area contributed by atoms with E-state index >= 15 is 0 Å². The Morgan fingerprint density at radius 3 is 2.92 bits per heavy atom. The van der Waals surface area contributed by atoms with Gasteiger partial charge in [-0.2, -0.15) is 0 Å². The quantitative estimate of drug-likeness (QED) is 0.418. The predicted octanol–water partition coefficient (Wildman–Crippen LogP) is 3.77. The van der Waals surface area contributed by atoms with Crippen molar-refractivity contribution in [2.45, 2.75) is 37.4 Å². The lowest BCUT2D eigenvalue weighted by molar-refractivity contribution is 0.383. The maximum Gasteiger partial charge on any atom is 0.0851 e. The minimum atomic E-state index is 0.337. The van der Waals surface area contributed by atoms with E-state index < -0.39 is 0 Å². The minimum absolute atomic E-state index is 0.337. The van der Waals surface area contributed by atoms with Gasteiger partial charge in [0.25, 0.3) is 0 Å². The second kappa shape index (κ2) is 5.81. The molecule has 0 radical (unpaired) electrons. The largest absolute Gasteiger partial charge is 0.513 e. The standard InChI is InChI=1S/C9H16OS2/c1-8(10)4-2-3-5-9-6-7-11-12-9/h9-10H,1-7H2/t9-/m1/s1. The van der Waals surface area contributed by atoms with E-state index in [1.165, 1.54) is 25.0 Å². The molecule has 0 aromatic carbocycles. The molecule has 1 aliphatic heterocycles. The number of aliphatic hydroxyl groups is 1. The van der Waals surface area contributed by atoms with Crippen LogP contribution in [0, 0.1) is 0 Å². The highest BCUT2D eigenvalue weighted by atomic mass is 33.1. The van der Waals surface area contributed by atoms with E-state index in [2.05, 4.69) is 6.58 Å². The SMILES string of the molecule is C=C(O)CCCC[C@@H]1CCSS1. The first-order valence-electron chi connectivity index (χ1n) is 4.44. The third kappa shape index (κ3) is 4.31. The molecule has 0 unspecified atom stereocenters. The Balaban J connectivity index is 1.91. The summed E-state index contributed by atoms with van der Waals surface area (Å²) < 4.78 is 0. The first-order valence-corrected chi connectivity index (χ1v) is 6.82. The maximum atomic E-state index is 8.84. The van der Waals surface area contributed by atoms with E-state index in [0.717, 1.165) is 18.1 Å².